The van der Waals surface area contributed by atoms with Crippen molar-refractivity contribution in [3.63, 3.8) is 0 Å². The predicted octanol–water partition coefficient (Wildman–Crippen LogP) is 3.34. The zero-order valence-electron chi connectivity index (χ0n) is 13.6. The number of alkyl halides is 2. The molecule has 0 aliphatic rings. The number of nitrogens with one attached hydrogen (secondary N) is 1. The fourth-order valence-corrected chi connectivity index (χ4v) is 2.01. The van der Waals surface area contributed by atoms with Crippen molar-refractivity contribution in [2.45, 2.75) is 19.6 Å². The number of ether oxygens (including phenoxy) is 2. The number of nitriles is 1. The molecule has 0 aliphatic carbocycles. The topological polar surface area (TPSA) is 88.4 Å². The number of hydrogen-bond donors (Lipinski definition) is 1. The SMILES string of the molecule is CC(OC(=O)c1cccc(OC(F)F)c1)C(=O)Nc1ccccc1C#N. The number of halogens is 2. The molecular weight excluding hydrogens is 346 g/mol. The Morgan fingerprint density at radius 2 is 1.88 bits per heavy atom. The number of rotatable bonds is 6. The van der Waals surface area contributed by atoms with E-state index in [1.54, 1.807) is 12.1 Å². The summed E-state index contributed by atoms with van der Waals surface area (Å²) in [6.07, 6.45) is -1.17. The third-order valence-corrected chi connectivity index (χ3v) is 3.25. The summed E-state index contributed by atoms with van der Waals surface area (Å²) in [7, 11) is 0. The zero-order chi connectivity index (χ0) is 19.1. The van der Waals surface area contributed by atoms with Gasteiger partial charge in [0.15, 0.2) is 6.10 Å². The summed E-state index contributed by atoms with van der Waals surface area (Å²) in [5, 5.41) is 11.5. The van der Waals surface area contributed by atoms with Gasteiger partial charge in [-0.1, -0.05) is 18.2 Å². The molecule has 1 unspecified atom stereocenters. The molecule has 6 nitrogen and oxygen atoms in total. The third-order valence-electron chi connectivity index (χ3n) is 3.25. The number of amides is 1. The van der Waals surface area contributed by atoms with Crippen LogP contribution in [0.25, 0.3) is 0 Å². The molecule has 1 atom stereocenters. The molecule has 26 heavy (non-hydrogen) atoms. The molecule has 0 bridgehead atoms. The van der Waals surface area contributed by atoms with Crippen molar-refractivity contribution in [1.29, 1.82) is 5.26 Å². The molecule has 0 aliphatic heterocycles. The van der Waals surface area contributed by atoms with E-state index in [0.29, 0.717) is 0 Å². The Morgan fingerprint density at radius 3 is 2.58 bits per heavy atom. The first-order chi connectivity index (χ1) is 12.4. The first-order valence-electron chi connectivity index (χ1n) is 7.46. The van der Waals surface area contributed by atoms with E-state index in [4.69, 9.17) is 10.00 Å². The molecule has 0 heterocycles. The van der Waals surface area contributed by atoms with E-state index in [0.717, 1.165) is 6.07 Å². The predicted molar refractivity (Wildman–Crippen MR) is 87.7 cm³/mol. The molecule has 2 aromatic carbocycles. The van der Waals surface area contributed by atoms with Crippen molar-refractivity contribution >= 4 is 17.6 Å². The van der Waals surface area contributed by atoms with E-state index in [1.165, 1.54) is 37.3 Å². The largest absolute Gasteiger partial charge is 0.449 e. The van der Waals surface area contributed by atoms with Crippen molar-refractivity contribution in [1.82, 2.24) is 0 Å². The summed E-state index contributed by atoms with van der Waals surface area (Å²) >= 11 is 0. The maximum absolute atomic E-state index is 12.2. The van der Waals surface area contributed by atoms with Crippen LogP contribution in [0.4, 0.5) is 14.5 Å². The Balaban J connectivity index is 2.02. The molecule has 134 valence electrons. The van der Waals surface area contributed by atoms with Gasteiger partial charge in [0.25, 0.3) is 5.91 Å². The number of carbonyl (C=O) groups excluding carboxylic acids is 2. The summed E-state index contributed by atoms with van der Waals surface area (Å²) in [5.41, 5.74) is 0.506. The molecule has 8 heteroatoms. The second kappa shape index (κ2) is 8.58. The highest BCUT2D eigenvalue weighted by Gasteiger charge is 2.20. The van der Waals surface area contributed by atoms with Crippen molar-refractivity contribution in [2.75, 3.05) is 5.32 Å². The zero-order valence-corrected chi connectivity index (χ0v) is 13.6. The first kappa shape index (κ1) is 18.9. The van der Waals surface area contributed by atoms with Crippen LogP contribution in [0.1, 0.15) is 22.8 Å². The van der Waals surface area contributed by atoms with Gasteiger partial charge >= 0.3 is 12.6 Å². The highest BCUT2D eigenvalue weighted by molar-refractivity contribution is 5.98. The van der Waals surface area contributed by atoms with Crippen LogP contribution in [0.5, 0.6) is 5.75 Å². The highest BCUT2D eigenvalue weighted by Crippen LogP contribution is 2.18. The molecule has 0 saturated heterocycles. The third kappa shape index (κ3) is 5.01. The van der Waals surface area contributed by atoms with Gasteiger partial charge in [0, 0.05) is 0 Å². The van der Waals surface area contributed by atoms with Gasteiger partial charge in [-0.05, 0) is 37.3 Å². The average molecular weight is 360 g/mol. The average Bonchev–Trinajstić information content (AvgIpc) is 2.61. The van der Waals surface area contributed by atoms with Crippen LogP contribution < -0.4 is 10.1 Å². The minimum atomic E-state index is -3.02. The van der Waals surface area contributed by atoms with Gasteiger partial charge in [-0.3, -0.25) is 4.79 Å². The van der Waals surface area contributed by atoms with E-state index in [2.05, 4.69) is 10.1 Å². The van der Waals surface area contributed by atoms with Crippen LogP contribution >= 0.6 is 0 Å². The number of hydrogen-bond acceptors (Lipinski definition) is 5. The normalized spacial score (nSPS) is 11.3. The minimum Gasteiger partial charge on any atom is -0.449 e. The van der Waals surface area contributed by atoms with Gasteiger partial charge in [-0.2, -0.15) is 14.0 Å². The van der Waals surface area contributed by atoms with E-state index < -0.39 is 24.6 Å². The Bertz CT molecular complexity index is 849. The van der Waals surface area contributed by atoms with Gasteiger partial charge in [-0.25, -0.2) is 4.79 Å². The number of benzene rings is 2. The van der Waals surface area contributed by atoms with Crippen molar-refractivity contribution in [3.8, 4) is 11.8 Å². The molecule has 2 rings (SSSR count). The van der Waals surface area contributed by atoms with Crippen molar-refractivity contribution < 1.29 is 27.8 Å². The number of para-hydroxylation sites is 1. The Hall–Kier alpha value is -3.47. The molecule has 0 spiro atoms. The Morgan fingerprint density at radius 1 is 1.15 bits per heavy atom. The molecular formula is C18H14F2N2O4. The molecule has 1 amide bonds. The van der Waals surface area contributed by atoms with Crippen molar-refractivity contribution in [2.24, 2.45) is 0 Å². The Kier molecular flexibility index (Phi) is 6.22. The lowest BCUT2D eigenvalue weighted by molar-refractivity contribution is -0.123. The summed E-state index contributed by atoms with van der Waals surface area (Å²) in [6, 6.07) is 13.3. The lowest BCUT2D eigenvalue weighted by atomic mass is 10.2. The number of anilines is 1. The summed E-state index contributed by atoms with van der Waals surface area (Å²) < 4.78 is 33.7. The maximum atomic E-state index is 12.2. The van der Waals surface area contributed by atoms with Gasteiger partial charge < -0.3 is 14.8 Å². The standard InChI is InChI=1S/C18H14F2N2O4/c1-11(16(23)22-15-8-3-2-5-13(15)10-21)25-17(24)12-6-4-7-14(9-12)26-18(19)20/h2-9,11,18H,1H3,(H,22,23). The van der Waals surface area contributed by atoms with Crippen LogP contribution in [0.2, 0.25) is 0 Å². The lowest BCUT2D eigenvalue weighted by Crippen LogP contribution is -2.30. The molecule has 1 N–H and O–H groups in total. The highest BCUT2D eigenvalue weighted by atomic mass is 19.3. The van der Waals surface area contributed by atoms with Gasteiger partial charge in [0.1, 0.15) is 11.8 Å². The van der Waals surface area contributed by atoms with E-state index in [9.17, 15) is 18.4 Å². The van der Waals surface area contributed by atoms with Gasteiger partial charge in [0.2, 0.25) is 0 Å². The molecule has 0 aromatic heterocycles. The number of esters is 1. The lowest BCUT2D eigenvalue weighted by Gasteiger charge is -2.14. The molecule has 2 aromatic rings. The smallest absolute Gasteiger partial charge is 0.387 e. The van der Waals surface area contributed by atoms with Gasteiger partial charge in [-0.15, -0.1) is 0 Å². The second-order valence-electron chi connectivity index (χ2n) is 5.10. The quantitative estimate of drug-likeness (QED) is 0.798. The van der Waals surface area contributed by atoms with Crippen molar-refractivity contribution in [3.05, 3.63) is 59.7 Å². The molecule has 0 radical (unpaired) electrons. The summed E-state index contributed by atoms with van der Waals surface area (Å²) in [4.78, 5) is 24.2. The first-order valence-corrected chi connectivity index (χ1v) is 7.46. The van der Waals surface area contributed by atoms with Crippen LogP contribution in [0.15, 0.2) is 48.5 Å². The second-order valence-corrected chi connectivity index (χ2v) is 5.10. The number of nitrogens with zero attached hydrogens (tertiary/aromatic N) is 1. The molecule has 0 saturated carbocycles. The molecule has 0 fully saturated rings. The van der Waals surface area contributed by atoms with Crippen LogP contribution in [0.3, 0.4) is 0 Å². The Labute approximate surface area is 148 Å². The maximum Gasteiger partial charge on any atom is 0.387 e. The van der Waals surface area contributed by atoms with E-state index in [-0.39, 0.29) is 22.6 Å². The summed E-state index contributed by atoms with van der Waals surface area (Å²) in [6.45, 7) is -1.67. The van der Waals surface area contributed by atoms with Gasteiger partial charge in [0.05, 0.1) is 16.8 Å². The monoisotopic (exact) mass is 360 g/mol. The number of carbonyl (C=O) groups is 2. The minimum absolute atomic E-state index is 0.0415. The van der Waals surface area contributed by atoms with E-state index >= 15 is 0 Å². The van der Waals surface area contributed by atoms with Crippen LogP contribution in [0, 0.1) is 11.3 Å². The summed E-state index contributed by atoms with van der Waals surface area (Å²) in [5.74, 6) is -1.71. The fourth-order valence-electron chi connectivity index (χ4n) is 2.01. The van der Waals surface area contributed by atoms with Crippen LogP contribution in [-0.2, 0) is 9.53 Å². The van der Waals surface area contributed by atoms with E-state index in [1.807, 2.05) is 6.07 Å². The fraction of sp³-hybridized carbons (Fsp3) is 0.167. The van der Waals surface area contributed by atoms with Crippen LogP contribution in [-0.4, -0.2) is 24.6 Å².